The molecule has 0 atom stereocenters. The van der Waals surface area contributed by atoms with Crippen LogP contribution in [0.1, 0.15) is 24.0 Å². The van der Waals surface area contributed by atoms with Gasteiger partial charge in [0.1, 0.15) is 0 Å². The lowest BCUT2D eigenvalue weighted by atomic mass is 9.90. The Morgan fingerprint density at radius 3 is 2.94 bits per heavy atom. The molecule has 1 aliphatic rings. The molecular weight excluding hydrogens is 218 g/mol. The first kappa shape index (κ1) is 11.2. The van der Waals surface area contributed by atoms with Crippen LogP contribution < -0.4 is 5.73 Å². The molecule has 16 heavy (non-hydrogen) atoms. The van der Waals surface area contributed by atoms with Crippen LogP contribution in [0.5, 0.6) is 0 Å². The van der Waals surface area contributed by atoms with Crippen LogP contribution in [-0.4, -0.2) is 17.1 Å². The maximum absolute atomic E-state index is 5.62. The fraction of sp³-hybridized carbons (Fsp3) is 0.333. The first-order chi connectivity index (χ1) is 7.81. The smallest absolute Gasteiger partial charge is 0.180 e. The highest BCUT2D eigenvalue weighted by Gasteiger charge is 2.14. The Labute approximate surface area is 99.8 Å². The predicted molar refractivity (Wildman–Crippen MR) is 71.1 cm³/mol. The van der Waals surface area contributed by atoms with Gasteiger partial charge in [-0.05, 0) is 31.1 Å². The Morgan fingerprint density at radius 2 is 2.12 bits per heavy atom. The van der Waals surface area contributed by atoms with Crippen LogP contribution >= 0.6 is 11.8 Å². The van der Waals surface area contributed by atoms with E-state index in [1.807, 2.05) is 12.3 Å². The Hall–Kier alpha value is -1.29. The molecule has 1 aromatic rings. The number of amidine groups is 1. The van der Waals surface area contributed by atoms with Crippen molar-refractivity contribution < 1.29 is 0 Å². The van der Waals surface area contributed by atoms with Gasteiger partial charge in [-0.1, -0.05) is 36.0 Å². The molecular formula is C12H15N3S. The van der Waals surface area contributed by atoms with Crippen LogP contribution in [-0.2, 0) is 6.42 Å². The van der Waals surface area contributed by atoms with E-state index in [0.717, 1.165) is 25.0 Å². The fourth-order valence-corrected chi connectivity index (χ4v) is 1.98. The molecule has 0 bridgehead atoms. The summed E-state index contributed by atoms with van der Waals surface area (Å²) in [7, 11) is 0. The summed E-state index contributed by atoms with van der Waals surface area (Å²) in [4.78, 5) is 0. The van der Waals surface area contributed by atoms with E-state index in [-0.39, 0.29) is 0 Å². The molecule has 3 nitrogen and oxygen atoms in total. The van der Waals surface area contributed by atoms with Crippen molar-refractivity contribution in [2.24, 2.45) is 15.9 Å². The monoisotopic (exact) mass is 233 g/mol. The number of aryl methyl sites for hydroxylation is 1. The van der Waals surface area contributed by atoms with Crippen molar-refractivity contribution in [2.45, 2.75) is 19.3 Å². The van der Waals surface area contributed by atoms with E-state index in [4.69, 9.17) is 5.73 Å². The molecule has 0 aliphatic heterocycles. The van der Waals surface area contributed by atoms with E-state index in [0.29, 0.717) is 5.17 Å². The molecule has 0 aromatic heterocycles. The van der Waals surface area contributed by atoms with Gasteiger partial charge in [0.15, 0.2) is 5.17 Å². The van der Waals surface area contributed by atoms with E-state index in [1.165, 1.54) is 22.9 Å². The number of hydrogen-bond acceptors (Lipinski definition) is 3. The molecule has 2 rings (SSSR count). The summed E-state index contributed by atoms with van der Waals surface area (Å²) in [5.41, 5.74) is 9.26. The van der Waals surface area contributed by atoms with Crippen LogP contribution in [0.2, 0.25) is 0 Å². The topological polar surface area (TPSA) is 50.7 Å². The maximum Gasteiger partial charge on any atom is 0.180 e. The summed E-state index contributed by atoms with van der Waals surface area (Å²) in [6, 6.07) is 8.38. The summed E-state index contributed by atoms with van der Waals surface area (Å²) >= 11 is 1.42. The van der Waals surface area contributed by atoms with Crippen LogP contribution in [0, 0.1) is 0 Å². The van der Waals surface area contributed by atoms with Crippen molar-refractivity contribution in [1.82, 2.24) is 0 Å². The number of nitrogens with two attached hydrogens (primary N) is 1. The zero-order valence-corrected chi connectivity index (χ0v) is 10.1. The minimum absolute atomic E-state index is 0.510. The third-order valence-corrected chi connectivity index (χ3v) is 3.17. The molecule has 0 saturated heterocycles. The van der Waals surface area contributed by atoms with Gasteiger partial charge < -0.3 is 5.73 Å². The highest BCUT2D eigenvalue weighted by molar-refractivity contribution is 8.13. The second kappa shape index (κ2) is 5.16. The molecule has 2 N–H and O–H groups in total. The Balaban J connectivity index is 2.32. The molecule has 84 valence electrons. The lowest BCUT2D eigenvalue weighted by Gasteiger charge is -2.16. The normalized spacial score (nSPS) is 18.6. The Bertz CT molecular complexity index is 438. The maximum atomic E-state index is 5.62. The van der Waals surface area contributed by atoms with Gasteiger partial charge in [0.05, 0.1) is 5.71 Å². The van der Waals surface area contributed by atoms with Gasteiger partial charge >= 0.3 is 0 Å². The van der Waals surface area contributed by atoms with Crippen molar-refractivity contribution in [1.29, 1.82) is 0 Å². The van der Waals surface area contributed by atoms with Crippen LogP contribution in [0.25, 0.3) is 0 Å². The lowest BCUT2D eigenvalue weighted by Crippen LogP contribution is -2.12. The molecule has 0 unspecified atom stereocenters. The number of rotatable bonds is 1. The van der Waals surface area contributed by atoms with E-state index >= 15 is 0 Å². The Kier molecular flexibility index (Phi) is 3.62. The first-order valence-corrected chi connectivity index (χ1v) is 6.56. The molecule has 0 radical (unpaired) electrons. The minimum Gasteiger partial charge on any atom is -0.377 e. The van der Waals surface area contributed by atoms with Crippen molar-refractivity contribution >= 4 is 22.6 Å². The minimum atomic E-state index is 0.510. The summed E-state index contributed by atoms with van der Waals surface area (Å²) in [5.74, 6) is 0. The van der Waals surface area contributed by atoms with Crippen LogP contribution in [0.3, 0.4) is 0 Å². The summed E-state index contributed by atoms with van der Waals surface area (Å²) in [6.07, 6.45) is 5.16. The van der Waals surface area contributed by atoms with Crippen molar-refractivity contribution in [3.05, 3.63) is 35.4 Å². The molecule has 1 aromatic carbocycles. The fourth-order valence-electron chi connectivity index (χ4n) is 1.86. The van der Waals surface area contributed by atoms with Crippen molar-refractivity contribution in [2.75, 3.05) is 6.26 Å². The van der Waals surface area contributed by atoms with E-state index in [2.05, 4.69) is 28.4 Å². The molecule has 0 amide bonds. The van der Waals surface area contributed by atoms with Crippen LogP contribution in [0.15, 0.2) is 34.5 Å². The highest BCUT2D eigenvalue weighted by atomic mass is 32.2. The van der Waals surface area contributed by atoms with Gasteiger partial charge in [-0.2, -0.15) is 5.10 Å². The second-order valence-corrected chi connectivity index (χ2v) is 4.53. The average Bonchev–Trinajstić information content (AvgIpc) is 2.35. The summed E-state index contributed by atoms with van der Waals surface area (Å²) < 4.78 is 0. The van der Waals surface area contributed by atoms with Gasteiger partial charge in [0.25, 0.3) is 0 Å². The van der Waals surface area contributed by atoms with E-state index in [1.54, 1.807) is 0 Å². The van der Waals surface area contributed by atoms with Gasteiger partial charge in [-0.3, -0.25) is 0 Å². The summed E-state index contributed by atoms with van der Waals surface area (Å²) in [6.45, 7) is 0. The number of nitrogens with zero attached hydrogens (tertiary/aromatic N) is 2. The Morgan fingerprint density at radius 1 is 1.31 bits per heavy atom. The average molecular weight is 233 g/mol. The molecule has 0 saturated carbocycles. The van der Waals surface area contributed by atoms with Crippen molar-refractivity contribution in [3.63, 3.8) is 0 Å². The first-order valence-electron chi connectivity index (χ1n) is 5.33. The standard InChI is InChI=1S/C12H15N3S/c1-16-12(13)15-14-11-8-4-6-9-5-2-3-7-10(9)11/h2-3,5,7H,4,6,8H2,1H3,(H2,13,15). The molecule has 1 aliphatic carbocycles. The van der Waals surface area contributed by atoms with Crippen molar-refractivity contribution in [3.8, 4) is 0 Å². The second-order valence-electron chi connectivity index (χ2n) is 3.70. The predicted octanol–water partition coefficient (Wildman–Crippen LogP) is 2.40. The number of benzene rings is 1. The molecule has 4 heteroatoms. The third kappa shape index (κ3) is 2.44. The lowest BCUT2D eigenvalue weighted by molar-refractivity contribution is 0.835. The highest BCUT2D eigenvalue weighted by Crippen LogP contribution is 2.21. The van der Waals surface area contributed by atoms with Gasteiger partial charge in [0, 0.05) is 5.56 Å². The SMILES string of the molecule is CSC(N)=NN=C1CCCc2ccccc21. The zero-order valence-electron chi connectivity index (χ0n) is 9.31. The van der Waals surface area contributed by atoms with E-state index in [9.17, 15) is 0 Å². The van der Waals surface area contributed by atoms with Gasteiger partial charge in [-0.25, -0.2) is 0 Å². The zero-order chi connectivity index (χ0) is 11.4. The number of thioether (sulfide) groups is 1. The van der Waals surface area contributed by atoms with Crippen LogP contribution in [0.4, 0.5) is 0 Å². The largest absolute Gasteiger partial charge is 0.377 e. The van der Waals surface area contributed by atoms with Gasteiger partial charge in [-0.15, -0.1) is 5.10 Å². The third-order valence-electron chi connectivity index (χ3n) is 2.67. The molecule has 0 spiro atoms. The number of fused-ring (bicyclic) bond motifs is 1. The summed E-state index contributed by atoms with van der Waals surface area (Å²) in [5, 5.41) is 8.77. The number of hydrogen-bond donors (Lipinski definition) is 1. The van der Waals surface area contributed by atoms with Gasteiger partial charge in [0.2, 0.25) is 0 Å². The van der Waals surface area contributed by atoms with E-state index < -0.39 is 0 Å². The molecule has 0 heterocycles. The molecule has 0 fully saturated rings. The quantitative estimate of drug-likeness (QED) is 0.460.